The largest absolute Gasteiger partial charge is 0.260 e. The Morgan fingerprint density at radius 2 is 1.92 bits per heavy atom. The molecule has 1 N–H and O–H groups in total. The van der Waals surface area contributed by atoms with Gasteiger partial charge in [-0.3, -0.25) is 4.68 Å². The Kier molecular flexibility index (Phi) is 5.56. The summed E-state index contributed by atoms with van der Waals surface area (Å²) in [5.74, 6) is 0. The highest BCUT2D eigenvalue weighted by atomic mass is 79.9. The number of hydrogen-bond acceptors (Lipinski definition) is 3. The van der Waals surface area contributed by atoms with Crippen LogP contribution in [0.1, 0.15) is 25.3 Å². The van der Waals surface area contributed by atoms with Gasteiger partial charge in [-0.25, -0.2) is 13.1 Å². The molecule has 3 aromatic rings. The molecule has 7 heteroatoms. The molecule has 0 aliphatic rings. The topological polar surface area (TPSA) is 64.0 Å². The Bertz CT molecular complexity index is 969. The van der Waals surface area contributed by atoms with Crippen LogP contribution in [0.4, 0.5) is 0 Å². The van der Waals surface area contributed by atoms with Gasteiger partial charge in [-0.1, -0.05) is 59.6 Å². The number of nitrogens with zero attached hydrogens (tertiary/aromatic N) is 2. The molecule has 2 aromatic carbocycles. The zero-order valence-electron chi connectivity index (χ0n) is 13.9. The number of sulfonamides is 1. The molecule has 3 rings (SSSR count). The lowest BCUT2D eigenvalue weighted by molar-refractivity contribution is 0.569. The smallest absolute Gasteiger partial charge is 0.259 e. The van der Waals surface area contributed by atoms with E-state index in [9.17, 15) is 8.42 Å². The van der Waals surface area contributed by atoms with Crippen molar-refractivity contribution in [3.8, 4) is 0 Å². The molecule has 0 saturated carbocycles. The van der Waals surface area contributed by atoms with Crippen molar-refractivity contribution >= 4 is 36.9 Å². The number of rotatable bonds is 7. The maximum absolute atomic E-state index is 12.7. The van der Waals surface area contributed by atoms with E-state index in [1.807, 2.05) is 49.4 Å². The van der Waals surface area contributed by atoms with Crippen molar-refractivity contribution in [1.82, 2.24) is 14.5 Å². The Hall–Kier alpha value is -1.70. The van der Waals surface area contributed by atoms with Crippen molar-refractivity contribution in [3.63, 3.8) is 0 Å². The van der Waals surface area contributed by atoms with Crippen molar-refractivity contribution in [3.05, 3.63) is 58.6 Å². The fraction of sp³-hybridized carbons (Fsp3) is 0.278. The summed E-state index contributed by atoms with van der Waals surface area (Å²) >= 11 is 3.42. The number of unbranched alkanes of at least 4 members (excludes halogenated alkanes) is 1. The lowest BCUT2D eigenvalue weighted by Gasteiger charge is -2.04. The predicted molar refractivity (Wildman–Crippen MR) is 103 cm³/mol. The van der Waals surface area contributed by atoms with E-state index in [0.717, 1.165) is 28.4 Å². The van der Waals surface area contributed by atoms with Crippen molar-refractivity contribution in [2.45, 2.75) is 31.3 Å². The minimum absolute atomic E-state index is 0.0795. The van der Waals surface area contributed by atoms with E-state index in [2.05, 4.69) is 25.8 Å². The number of benzene rings is 2. The third-order valence-corrected chi connectivity index (χ3v) is 5.82. The summed E-state index contributed by atoms with van der Waals surface area (Å²) in [7, 11) is -3.65. The molecule has 0 fully saturated rings. The summed E-state index contributed by atoms with van der Waals surface area (Å²) in [6.45, 7) is 2.96. The van der Waals surface area contributed by atoms with Crippen molar-refractivity contribution < 1.29 is 8.42 Å². The van der Waals surface area contributed by atoms with E-state index in [1.165, 1.54) is 0 Å². The first-order valence-electron chi connectivity index (χ1n) is 8.21. The van der Waals surface area contributed by atoms with Crippen LogP contribution in [0.15, 0.2) is 58.0 Å². The summed E-state index contributed by atoms with van der Waals surface area (Å²) in [4.78, 5) is 0. The van der Waals surface area contributed by atoms with Crippen LogP contribution in [0.3, 0.4) is 0 Å². The van der Waals surface area contributed by atoms with Gasteiger partial charge in [0.15, 0.2) is 5.03 Å². The standard InChI is InChI=1S/C18H20BrN3O2S/c1-2-3-11-20-25(23,24)18-16-12-15(19)9-10-17(16)22(21-18)13-14-7-5-4-6-8-14/h4-10,12,20H,2-3,11,13H2,1H3. The highest BCUT2D eigenvalue weighted by molar-refractivity contribution is 9.10. The molecule has 0 unspecified atom stereocenters. The predicted octanol–water partition coefficient (Wildman–Crippen LogP) is 3.93. The number of aromatic nitrogens is 2. The van der Waals surface area contributed by atoms with Gasteiger partial charge in [0.1, 0.15) is 0 Å². The van der Waals surface area contributed by atoms with Gasteiger partial charge in [0.05, 0.1) is 12.1 Å². The Balaban J connectivity index is 2.05. The molecule has 0 aliphatic carbocycles. The van der Waals surface area contributed by atoms with Gasteiger partial charge < -0.3 is 0 Å². The minimum atomic E-state index is -3.65. The summed E-state index contributed by atoms with van der Waals surface area (Å²) in [6, 6.07) is 15.5. The van der Waals surface area contributed by atoms with Crippen LogP contribution >= 0.6 is 15.9 Å². The number of nitrogens with one attached hydrogen (secondary N) is 1. The fourth-order valence-corrected chi connectivity index (χ4v) is 4.22. The van der Waals surface area contributed by atoms with Gasteiger partial charge in [0.25, 0.3) is 10.0 Å². The number of fused-ring (bicyclic) bond motifs is 1. The van der Waals surface area contributed by atoms with Crippen molar-refractivity contribution in [2.75, 3.05) is 6.54 Å². The third kappa shape index (κ3) is 4.11. The second kappa shape index (κ2) is 7.68. The first-order chi connectivity index (χ1) is 12.0. The lowest BCUT2D eigenvalue weighted by Crippen LogP contribution is -2.25. The molecule has 1 heterocycles. The molecule has 5 nitrogen and oxygen atoms in total. The first kappa shape index (κ1) is 18.1. The zero-order chi connectivity index (χ0) is 17.9. The summed E-state index contributed by atoms with van der Waals surface area (Å²) < 4.78 is 30.6. The minimum Gasteiger partial charge on any atom is -0.259 e. The molecule has 0 bridgehead atoms. The van der Waals surface area contributed by atoms with Crippen LogP contribution in [0.2, 0.25) is 0 Å². The van der Waals surface area contributed by atoms with Gasteiger partial charge in [-0.2, -0.15) is 5.10 Å². The normalized spacial score (nSPS) is 11.9. The van der Waals surface area contributed by atoms with E-state index in [4.69, 9.17) is 0 Å². The molecule has 1 aromatic heterocycles. The molecule has 25 heavy (non-hydrogen) atoms. The number of hydrogen-bond donors (Lipinski definition) is 1. The molecule has 0 aliphatic heterocycles. The number of halogens is 1. The van der Waals surface area contributed by atoms with Gasteiger partial charge in [-0.05, 0) is 30.2 Å². The average molecular weight is 422 g/mol. The van der Waals surface area contributed by atoms with Gasteiger partial charge in [0, 0.05) is 16.4 Å². The molecule has 132 valence electrons. The van der Waals surface area contributed by atoms with Crippen molar-refractivity contribution in [1.29, 1.82) is 0 Å². The summed E-state index contributed by atoms with van der Waals surface area (Å²) in [5.41, 5.74) is 1.86. The molecule has 0 radical (unpaired) electrons. The van der Waals surface area contributed by atoms with E-state index < -0.39 is 10.0 Å². The maximum Gasteiger partial charge on any atom is 0.260 e. The van der Waals surface area contributed by atoms with Crippen LogP contribution in [0, 0.1) is 0 Å². The quantitative estimate of drug-likeness (QED) is 0.587. The molecular weight excluding hydrogens is 402 g/mol. The molecule has 0 spiro atoms. The molecule has 0 amide bonds. The van der Waals surface area contributed by atoms with E-state index >= 15 is 0 Å². The molecule has 0 saturated heterocycles. The third-order valence-electron chi connectivity index (χ3n) is 3.93. The Labute approximate surface area is 156 Å². The fourth-order valence-electron chi connectivity index (χ4n) is 2.65. The Morgan fingerprint density at radius 1 is 1.16 bits per heavy atom. The first-order valence-corrected chi connectivity index (χ1v) is 10.5. The monoisotopic (exact) mass is 421 g/mol. The second-order valence-corrected chi connectivity index (χ2v) is 8.46. The second-order valence-electron chi connectivity index (χ2n) is 5.86. The average Bonchev–Trinajstić information content (AvgIpc) is 2.94. The van der Waals surface area contributed by atoms with Crippen molar-refractivity contribution in [2.24, 2.45) is 0 Å². The van der Waals surface area contributed by atoms with Crippen LogP contribution < -0.4 is 4.72 Å². The Morgan fingerprint density at radius 3 is 2.64 bits per heavy atom. The van der Waals surface area contributed by atoms with Crippen LogP contribution in [0.5, 0.6) is 0 Å². The van der Waals surface area contributed by atoms with Gasteiger partial charge in [-0.15, -0.1) is 0 Å². The summed E-state index contributed by atoms with van der Waals surface area (Å²) in [5, 5.41) is 5.12. The molecular formula is C18H20BrN3O2S. The molecule has 0 atom stereocenters. The van der Waals surface area contributed by atoms with Crippen LogP contribution in [-0.2, 0) is 16.6 Å². The highest BCUT2D eigenvalue weighted by Gasteiger charge is 2.23. The highest BCUT2D eigenvalue weighted by Crippen LogP contribution is 2.26. The summed E-state index contributed by atoms with van der Waals surface area (Å²) in [6.07, 6.45) is 1.73. The van der Waals surface area contributed by atoms with E-state index in [1.54, 1.807) is 10.7 Å². The van der Waals surface area contributed by atoms with Gasteiger partial charge in [0.2, 0.25) is 0 Å². The van der Waals surface area contributed by atoms with E-state index in [0.29, 0.717) is 18.5 Å². The lowest BCUT2D eigenvalue weighted by atomic mass is 10.2. The van der Waals surface area contributed by atoms with E-state index in [-0.39, 0.29) is 5.03 Å². The van der Waals surface area contributed by atoms with Crippen LogP contribution in [0.25, 0.3) is 10.9 Å². The van der Waals surface area contributed by atoms with Gasteiger partial charge >= 0.3 is 0 Å². The van der Waals surface area contributed by atoms with Crippen LogP contribution in [-0.4, -0.2) is 24.7 Å². The maximum atomic E-state index is 12.7. The SMILES string of the molecule is CCCCNS(=O)(=O)c1nn(Cc2ccccc2)c2ccc(Br)cc12. The zero-order valence-corrected chi connectivity index (χ0v) is 16.3.